The zero-order chi connectivity index (χ0) is 15.5. The Morgan fingerprint density at radius 3 is 2.45 bits per heavy atom. The van der Waals surface area contributed by atoms with Gasteiger partial charge < -0.3 is 10.8 Å². The summed E-state index contributed by atoms with van der Waals surface area (Å²) in [4.78, 5) is 13.8. The molecule has 1 unspecified atom stereocenters. The first-order valence-electron chi connectivity index (χ1n) is 7.48. The van der Waals surface area contributed by atoms with Crippen molar-refractivity contribution in [3.63, 3.8) is 0 Å². The minimum absolute atomic E-state index is 0.338. The molecular weight excluding hydrogens is 276 g/mol. The molecule has 2 atom stereocenters. The summed E-state index contributed by atoms with van der Waals surface area (Å²) in [5.74, 6) is -0.338. The van der Waals surface area contributed by atoms with Gasteiger partial charge in [0.1, 0.15) is 0 Å². The zero-order valence-electron chi connectivity index (χ0n) is 12.4. The number of amides is 1. The number of primary amides is 1. The predicted octanol–water partition coefficient (Wildman–Crippen LogP) is 1.63. The highest BCUT2D eigenvalue weighted by molar-refractivity contribution is 5.80. The molecule has 1 aliphatic rings. The van der Waals surface area contributed by atoms with Crippen LogP contribution < -0.4 is 5.73 Å². The van der Waals surface area contributed by atoms with Gasteiger partial charge >= 0.3 is 0 Å². The maximum atomic E-state index is 11.8. The van der Waals surface area contributed by atoms with E-state index in [9.17, 15) is 9.90 Å². The van der Waals surface area contributed by atoms with Crippen LogP contribution in [-0.2, 0) is 17.8 Å². The highest BCUT2D eigenvalue weighted by Gasteiger charge is 2.31. The maximum absolute atomic E-state index is 11.8. The molecule has 3 rings (SSSR count). The van der Waals surface area contributed by atoms with E-state index in [0.717, 1.165) is 11.1 Å². The van der Waals surface area contributed by atoms with Crippen LogP contribution in [0.1, 0.15) is 22.8 Å². The molecule has 0 saturated heterocycles. The molecule has 0 bridgehead atoms. The summed E-state index contributed by atoms with van der Waals surface area (Å²) in [5.41, 5.74) is 8.78. The lowest BCUT2D eigenvalue weighted by atomic mass is 9.93. The van der Waals surface area contributed by atoms with Crippen molar-refractivity contribution in [1.29, 1.82) is 0 Å². The van der Waals surface area contributed by atoms with Gasteiger partial charge in [-0.15, -0.1) is 0 Å². The largest absolute Gasteiger partial charge is 0.387 e. The average Bonchev–Trinajstić information content (AvgIpc) is 2.54. The monoisotopic (exact) mass is 296 g/mol. The third-order valence-corrected chi connectivity index (χ3v) is 4.27. The Morgan fingerprint density at radius 1 is 1.14 bits per heavy atom. The Labute approximate surface area is 130 Å². The summed E-state index contributed by atoms with van der Waals surface area (Å²) >= 11 is 0. The summed E-state index contributed by atoms with van der Waals surface area (Å²) < 4.78 is 0. The van der Waals surface area contributed by atoms with Gasteiger partial charge in [0.2, 0.25) is 5.91 Å². The molecule has 0 radical (unpaired) electrons. The van der Waals surface area contributed by atoms with Crippen molar-refractivity contribution in [3.8, 4) is 0 Å². The third-order valence-electron chi connectivity index (χ3n) is 4.27. The summed E-state index contributed by atoms with van der Waals surface area (Å²) in [6.45, 7) is 1.03. The Morgan fingerprint density at radius 2 is 1.77 bits per heavy atom. The number of aliphatic hydroxyl groups excluding tert-OH is 1. The molecule has 114 valence electrons. The summed E-state index contributed by atoms with van der Waals surface area (Å²) in [5, 5.41) is 10.4. The van der Waals surface area contributed by atoms with Gasteiger partial charge in [0.05, 0.1) is 12.1 Å². The van der Waals surface area contributed by atoms with Crippen molar-refractivity contribution in [2.75, 3.05) is 6.54 Å². The van der Waals surface area contributed by atoms with Crippen molar-refractivity contribution in [2.45, 2.75) is 25.1 Å². The number of rotatable bonds is 4. The van der Waals surface area contributed by atoms with Crippen LogP contribution in [0.3, 0.4) is 0 Å². The van der Waals surface area contributed by atoms with Crippen molar-refractivity contribution in [1.82, 2.24) is 4.90 Å². The minimum Gasteiger partial charge on any atom is -0.387 e. The summed E-state index contributed by atoms with van der Waals surface area (Å²) in [6.07, 6.45) is -0.0270. The molecule has 1 heterocycles. The van der Waals surface area contributed by atoms with Gasteiger partial charge in [0, 0.05) is 13.1 Å². The number of β-amino-alcohol motifs (C(OH)–C–C–N with tert-alkyl or cyclic N) is 1. The van der Waals surface area contributed by atoms with E-state index in [0.29, 0.717) is 19.5 Å². The lowest BCUT2D eigenvalue weighted by Gasteiger charge is -2.36. The third kappa shape index (κ3) is 3.03. The molecule has 4 nitrogen and oxygen atoms in total. The number of aliphatic hydroxyl groups is 1. The van der Waals surface area contributed by atoms with E-state index in [-0.39, 0.29) is 11.9 Å². The smallest absolute Gasteiger partial charge is 0.235 e. The van der Waals surface area contributed by atoms with Crippen LogP contribution in [0.25, 0.3) is 0 Å². The summed E-state index contributed by atoms with van der Waals surface area (Å²) in [6, 6.07) is 17.2. The number of hydrogen-bond donors (Lipinski definition) is 2. The quantitative estimate of drug-likeness (QED) is 0.901. The van der Waals surface area contributed by atoms with Crippen LogP contribution in [0.5, 0.6) is 0 Å². The molecule has 1 aliphatic heterocycles. The van der Waals surface area contributed by atoms with E-state index in [1.807, 2.05) is 53.4 Å². The van der Waals surface area contributed by atoms with Crippen LogP contribution in [0.15, 0.2) is 54.6 Å². The van der Waals surface area contributed by atoms with E-state index in [1.165, 1.54) is 5.56 Å². The normalized spacial score (nSPS) is 19.4. The molecule has 0 fully saturated rings. The number of carbonyl (C=O) groups excluding carboxylic acids is 1. The van der Waals surface area contributed by atoms with Gasteiger partial charge in [0.15, 0.2) is 0 Å². The molecule has 22 heavy (non-hydrogen) atoms. The second kappa shape index (κ2) is 6.30. The summed E-state index contributed by atoms with van der Waals surface area (Å²) in [7, 11) is 0. The highest BCUT2D eigenvalue weighted by atomic mass is 16.3. The van der Waals surface area contributed by atoms with Crippen LogP contribution in [-0.4, -0.2) is 28.5 Å². The van der Waals surface area contributed by atoms with Gasteiger partial charge in [-0.3, -0.25) is 9.69 Å². The van der Waals surface area contributed by atoms with Gasteiger partial charge in [-0.25, -0.2) is 0 Å². The van der Waals surface area contributed by atoms with Gasteiger partial charge in [0.25, 0.3) is 0 Å². The minimum atomic E-state index is -0.631. The second-order valence-corrected chi connectivity index (χ2v) is 5.75. The lowest BCUT2D eigenvalue weighted by Crippen LogP contribution is -2.49. The zero-order valence-corrected chi connectivity index (χ0v) is 12.4. The van der Waals surface area contributed by atoms with Gasteiger partial charge in [-0.05, 0) is 23.1 Å². The van der Waals surface area contributed by atoms with Gasteiger partial charge in [-0.2, -0.15) is 0 Å². The Bertz CT molecular complexity index is 657. The maximum Gasteiger partial charge on any atom is 0.235 e. The van der Waals surface area contributed by atoms with Crippen molar-refractivity contribution in [2.24, 2.45) is 5.73 Å². The molecular formula is C18H20N2O2. The first-order valence-corrected chi connectivity index (χ1v) is 7.48. The fourth-order valence-corrected chi connectivity index (χ4v) is 3.05. The molecule has 3 N–H and O–H groups in total. The molecule has 0 spiro atoms. The SMILES string of the molecule is NC(=O)[C@@H]1Cc2ccccc2CN1CC(O)c1ccccc1. The van der Waals surface area contributed by atoms with Crippen LogP contribution >= 0.6 is 0 Å². The fraction of sp³-hybridized carbons (Fsp3) is 0.278. The molecule has 1 amide bonds. The number of carbonyl (C=O) groups is 1. The van der Waals surface area contributed by atoms with Crippen molar-refractivity contribution >= 4 is 5.91 Å². The van der Waals surface area contributed by atoms with Gasteiger partial charge in [-0.1, -0.05) is 54.6 Å². The molecule has 0 saturated carbocycles. The highest BCUT2D eigenvalue weighted by Crippen LogP contribution is 2.25. The first-order chi connectivity index (χ1) is 10.6. The van der Waals surface area contributed by atoms with Crippen LogP contribution in [0, 0.1) is 0 Å². The molecule has 2 aromatic rings. The van der Waals surface area contributed by atoms with Crippen molar-refractivity contribution in [3.05, 3.63) is 71.3 Å². The number of nitrogens with zero attached hydrogens (tertiary/aromatic N) is 1. The topological polar surface area (TPSA) is 66.6 Å². The predicted molar refractivity (Wildman–Crippen MR) is 84.9 cm³/mol. The average molecular weight is 296 g/mol. The number of hydrogen-bond acceptors (Lipinski definition) is 3. The van der Waals surface area contributed by atoms with E-state index in [4.69, 9.17) is 5.73 Å². The Balaban J connectivity index is 1.81. The van der Waals surface area contributed by atoms with E-state index < -0.39 is 6.10 Å². The number of benzene rings is 2. The Kier molecular flexibility index (Phi) is 4.22. The second-order valence-electron chi connectivity index (χ2n) is 5.75. The van der Waals surface area contributed by atoms with Crippen molar-refractivity contribution < 1.29 is 9.90 Å². The van der Waals surface area contributed by atoms with E-state index >= 15 is 0 Å². The molecule has 0 aliphatic carbocycles. The number of fused-ring (bicyclic) bond motifs is 1. The van der Waals surface area contributed by atoms with E-state index in [1.54, 1.807) is 0 Å². The van der Waals surface area contributed by atoms with Crippen LogP contribution in [0.2, 0.25) is 0 Å². The molecule has 2 aromatic carbocycles. The van der Waals surface area contributed by atoms with E-state index in [2.05, 4.69) is 6.07 Å². The molecule has 4 heteroatoms. The number of nitrogens with two attached hydrogens (primary N) is 1. The molecule has 0 aromatic heterocycles. The Hall–Kier alpha value is -2.17. The standard InChI is InChI=1S/C18H20N2O2/c19-18(22)16-10-14-8-4-5-9-15(14)11-20(16)12-17(21)13-6-2-1-3-7-13/h1-9,16-17,21H,10-12H2,(H2,19,22)/t16-,17?/m0/s1. The fourth-order valence-electron chi connectivity index (χ4n) is 3.05. The lowest BCUT2D eigenvalue weighted by molar-refractivity contribution is -0.124. The first kappa shape index (κ1) is 14.8. The van der Waals surface area contributed by atoms with Crippen LogP contribution in [0.4, 0.5) is 0 Å².